The first kappa shape index (κ1) is 12.5. The van der Waals surface area contributed by atoms with Crippen molar-refractivity contribution in [2.45, 2.75) is 41.0 Å². The molecule has 78 valence electrons. The molecule has 0 N–H and O–H groups in total. The first-order chi connectivity index (χ1) is 6.04. The summed E-state index contributed by atoms with van der Waals surface area (Å²) in [6.45, 7) is 9.62. The maximum Gasteiger partial charge on any atom is 0.228 e. The molecular formula is C11H21FO. The van der Waals surface area contributed by atoms with Crippen molar-refractivity contribution < 1.29 is 9.13 Å². The fourth-order valence-corrected chi connectivity index (χ4v) is 1.34. The summed E-state index contributed by atoms with van der Waals surface area (Å²) in [4.78, 5) is 0. The molecule has 0 aromatic rings. The molecule has 1 nitrogen and oxygen atoms in total. The molecule has 0 saturated carbocycles. The van der Waals surface area contributed by atoms with Crippen molar-refractivity contribution in [3.05, 3.63) is 11.3 Å². The van der Waals surface area contributed by atoms with Gasteiger partial charge in [0.05, 0.1) is 0 Å². The van der Waals surface area contributed by atoms with Gasteiger partial charge in [0.2, 0.25) is 6.86 Å². The molecule has 0 radical (unpaired) electrons. The Labute approximate surface area is 81.0 Å². The Morgan fingerprint density at radius 3 is 2.15 bits per heavy atom. The Kier molecular flexibility index (Phi) is 5.76. The van der Waals surface area contributed by atoms with Gasteiger partial charge in [-0.1, -0.05) is 27.7 Å². The lowest BCUT2D eigenvalue weighted by Gasteiger charge is -2.18. The topological polar surface area (TPSA) is 9.23 Å². The van der Waals surface area contributed by atoms with Gasteiger partial charge in [-0.2, -0.15) is 0 Å². The summed E-state index contributed by atoms with van der Waals surface area (Å²) in [7, 11) is 0. The minimum atomic E-state index is -0.721. The molecule has 1 atom stereocenters. The van der Waals surface area contributed by atoms with E-state index in [-0.39, 0.29) is 5.92 Å². The third-order valence-corrected chi connectivity index (χ3v) is 2.47. The second-order valence-corrected chi connectivity index (χ2v) is 3.76. The number of alkyl halides is 1. The van der Waals surface area contributed by atoms with Crippen LogP contribution in [0.5, 0.6) is 0 Å². The maximum absolute atomic E-state index is 12.1. The average Bonchev–Trinajstić information content (AvgIpc) is 2.11. The van der Waals surface area contributed by atoms with Gasteiger partial charge in [0, 0.05) is 5.92 Å². The van der Waals surface area contributed by atoms with Gasteiger partial charge in [-0.15, -0.1) is 0 Å². The van der Waals surface area contributed by atoms with Crippen LogP contribution in [0.15, 0.2) is 11.3 Å². The van der Waals surface area contributed by atoms with E-state index in [2.05, 4.69) is 13.8 Å². The molecule has 0 rings (SSSR count). The maximum atomic E-state index is 12.1. The van der Waals surface area contributed by atoms with Crippen LogP contribution in [0.25, 0.3) is 0 Å². The molecule has 13 heavy (non-hydrogen) atoms. The molecule has 0 amide bonds. The second-order valence-electron chi connectivity index (χ2n) is 3.76. The van der Waals surface area contributed by atoms with E-state index in [0.29, 0.717) is 5.92 Å². The van der Waals surface area contributed by atoms with Crippen molar-refractivity contribution in [2.75, 3.05) is 6.86 Å². The van der Waals surface area contributed by atoms with E-state index in [4.69, 9.17) is 4.74 Å². The molecule has 0 aromatic heterocycles. The molecule has 2 heteroatoms. The Hall–Kier alpha value is -0.530. The minimum absolute atomic E-state index is 0.268. The average molecular weight is 188 g/mol. The van der Waals surface area contributed by atoms with Crippen LogP contribution in [0.1, 0.15) is 41.0 Å². The SMILES string of the molecule is CCC(C)/C(C)=C(/OCF)C(C)C. The quantitative estimate of drug-likeness (QED) is 0.594. The van der Waals surface area contributed by atoms with Gasteiger partial charge in [-0.3, -0.25) is 0 Å². The molecule has 0 bridgehead atoms. The lowest BCUT2D eigenvalue weighted by atomic mass is 9.95. The molecule has 1 unspecified atom stereocenters. The van der Waals surface area contributed by atoms with Crippen molar-refractivity contribution in [3.8, 4) is 0 Å². The summed E-state index contributed by atoms with van der Waals surface area (Å²) in [6.07, 6.45) is 1.07. The van der Waals surface area contributed by atoms with Crippen LogP contribution in [0, 0.1) is 11.8 Å². The van der Waals surface area contributed by atoms with Gasteiger partial charge in [0.25, 0.3) is 0 Å². The molecule has 0 saturated heterocycles. The fourth-order valence-electron chi connectivity index (χ4n) is 1.34. The highest BCUT2D eigenvalue weighted by Gasteiger charge is 2.13. The van der Waals surface area contributed by atoms with Crippen molar-refractivity contribution in [1.82, 2.24) is 0 Å². The predicted molar refractivity (Wildman–Crippen MR) is 54.1 cm³/mol. The zero-order valence-corrected chi connectivity index (χ0v) is 9.36. The summed E-state index contributed by atoms with van der Waals surface area (Å²) in [6, 6.07) is 0. The van der Waals surface area contributed by atoms with Crippen LogP contribution in [0.2, 0.25) is 0 Å². The van der Waals surface area contributed by atoms with Gasteiger partial charge in [0.1, 0.15) is 5.76 Å². The van der Waals surface area contributed by atoms with Crippen LogP contribution < -0.4 is 0 Å². The largest absolute Gasteiger partial charge is 0.467 e. The lowest BCUT2D eigenvalue weighted by Crippen LogP contribution is -2.07. The zero-order valence-electron chi connectivity index (χ0n) is 9.36. The molecule has 0 aromatic carbocycles. The summed E-state index contributed by atoms with van der Waals surface area (Å²) >= 11 is 0. The summed E-state index contributed by atoms with van der Waals surface area (Å²) in [5, 5.41) is 0. The van der Waals surface area contributed by atoms with E-state index in [1.54, 1.807) is 0 Å². The molecule has 0 aliphatic rings. The first-order valence-corrected chi connectivity index (χ1v) is 4.93. The van der Waals surface area contributed by atoms with Gasteiger partial charge in [0.15, 0.2) is 0 Å². The Morgan fingerprint density at radius 1 is 1.31 bits per heavy atom. The van der Waals surface area contributed by atoms with Crippen molar-refractivity contribution in [2.24, 2.45) is 11.8 Å². The van der Waals surface area contributed by atoms with Crippen LogP contribution in [-0.2, 0) is 4.74 Å². The standard InChI is InChI=1S/C11H21FO/c1-6-9(4)10(5)11(8(2)3)13-7-12/h8-9H,6-7H2,1-5H3/b11-10+. The Morgan fingerprint density at radius 2 is 1.85 bits per heavy atom. The van der Waals surface area contributed by atoms with E-state index in [1.807, 2.05) is 20.8 Å². The van der Waals surface area contributed by atoms with Gasteiger partial charge < -0.3 is 4.74 Å². The summed E-state index contributed by atoms with van der Waals surface area (Å²) in [5.74, 6) is 1.56. The highest BCUT2D eigenvalue weighted by Crippen LogP contribution is 2.23. The Balaban J connectivity index is 4.63. The molecule has 0 heterocycles. The van der Waals surface area contributed by atoms with Crippen LogP contribution in [0.3, 0.4) is 0 Å². The van der Waals surface area contributed by atoms with Gasteiger partial charge in [-0.25, -0.2) is 4.39 Å². The number of ether oxygens (including phenoxy) is 1. The summed E-state index contributed by atoms with van der Waals surface area (Å²) in [5.41, 5.74) is 1.18. The van der Waals surface area contributed by atoms with Gasteiger partial charge in [-0.05, 0) is 24.8 Å². The van der Waals surface area contributed by atoms with Gasteiger partial charge >= 0.3 is 0 Å². The van der Waals surface area contributed by atoms with E-state index in [9.17, 15) is 4.39 Å². The van der Waals surface area contributed by atoms with E-state index < -0.39 is 6.86 Å². The third kappa shape index (κ3) is 3.79. The Bertz CT molecular complexity index is 173. The van der Waals surface area contributed by atoms with Crippen LogP contribution in [-0.4, -0.2) is 6.86 Å². The first-order valence-electron chi connectivity index (χ1n) is 4.93. The molecule has 0 aliphatic heterocycles. The molecule has 0 fully saturated rings. The van der Waals surface area contributed by atoms with E-state index in [1.165, 1.54) is 5.57 Å². The zero-order chi connectivity index (χ0) is 10.4. The molecule has 0 aliphatic carbocycles. The van der Waals surface area contributed by atoms with Crippen LogP contribution in [0.4, 0.5) is 4.39 Å². The van der Waals surface area contributed by atoms with Crippen molar-refractivity contribution >= 4 is 0 Å². The number of halogens is 1. The highest BCUT2D eigenvalue weighted by molar-refractivity contribution is 5.10. The van der Waals surface area contributed by atoms with Crippen LogP contribution >= 0.6 is 0 Å². The monoisotopic (exact) mass is 188 g/mol. The third-order valence-electron chi connectivity index (χ3n) is 2.47. The van der Waals surface area contributed by atoms with E-state index in [0.717, 1.165) is 12.2 Å². The number of allylic oxidation sites excluding steroid dienone is 2. The normalized spacial score (nSPS) is 15.6. The predicted octanol–water partition coefficient (Wildman–Crippen LogP) is 3.91. The smallest absolute Gasteiger partial charge is 0.228 e. The van der Waals surface area contributed by atoms with Crippen molar-refractivity contribution in [3.63, 3.8) is 0 Å². The number of rotatable bonds is 5. The second kappa shape index (κ2) is 6.01. The highest BCUT2D eigenvalue weighted by atomic mass is 19.1. The van der Waals surface area contributed by atoms with Crippen molar-refractivity contribution in [1.29, 1.82) is 0 Å². The lowest BCUT2D eigenvalue weighted by molar-refractivity contribution is 0.0945. The summed E-state index contributed by atoms with van der Waals surface area (Å²) < 4.78 is 17.1. The van der Waals surface area contributed by atoms with E-state index >= 15 is 0 Å². The number of hydrogen-bond donors (Lipinski definition) is 0. The number of hydrogen-bond acceptors (Lipinski definition) is 1. The minimum Gasteiger partial charge on any atom is -0.467 e. The fraction of sp³-hybridized carbons (Fsp3) is 0.818. The molecule has 0 spiro atoms. The molecular weight excluding hydrogens is 167 g/mol.